The number of hydrogen-bond acceptors (Lipinski definition) is 9. The molecule has 2 aromatic carbocycles. The summed E-state index contributed by atoms with van der Waals surface area (Å²) in [4.78, 5) is 32.1. The number of aryl methyl sites for hydroxylation is 2. The molecule has 1 aliphatic rings. The van der Waals surface area contributed by atoms with Crippen LogP contribution >= 0.6 is 11.3 Å². The molecule has 1 saturated carbocycles. The largest absolute Gasteiger partial charge is 0.497 e. The van der Waals surface area contributed by atoms with Gasteiger partial charge in [-0.1, -0.05) is 24.3 Å². The number of carbonyl (C=O) groups excluding carboxylic acids is 2. The third-order valence-corrected chi connectivity index (χ3v) is 10.2. The molecular weight excluding hydrogens is 576 g/mol. The zero-order valence-electron chi connectivity index (χ0n) is 24.6. The number of carbonyl (C=O) groups is 2. The van der Waals surface area contributed by atoms with E-state index in [1.807, 2.05) is 53.3 Å². The second-order valence-electron chi connectivity index (χ2n) is 11.0. The van der Waals surface area contributed by atoms with E-state index in [9.17, 15) is 18.0 Å². The lowest BCUT2D eigenvalue weighted by Gasteiger charge is -2.27. The molecule has 1 aliphatic carbocycles. The molecule has 0 atom stereocenters. The molecule has 12 heteroatoms. The molecular formula is C30H38N4O6S2. The maximum absolute atomic E-state index is 14.1. The number of nitrogens with two attached hydrogens (primary N) is 1. The molecule has 1 aromatic heterocycles. The minimum absolute atomic E-state index is 0.00439. The smallest absolute Gasteiger partial charge is 0.284 e. The van der Waals surface area contributed by atoms with Crippen LogP contribution in [0.2, 0.25) is 0 Å². The van der Waals surface area contributed by atoms with Crippen LogP contribution in [0.1, 0.15) is 64.6 Å². The maximum atomic E-state index is 14.1. The van der Waals surface area contributed by atoms with E-state index < -0.39 is 26.2 Å². The van der Waals surface area contributed by atoms with E-state index in [1.165, 1.54) is 25.2 Å². The van der Waals surface area contributed by atoms with E-state index in [2.05, 4.69) is 4.98 Å². The number of nitrogens with zero attached hydrogens (tertiary/aromatic N) is 2. The van der Waals surface area contributed by atoms with Gasteiger partial charge in [0.15, 0.2) is 0 Å². The van der Waals surface area contributed by atoms with Gasteiger partial charge in [0.05, 0.1) is 26.2 Å². The highest BCUT2D eigenvalue weighted by atomic mass is 32.2. The van der Waals surface area contributed by atoms with Gasteiger partial charge >= 0.3 is 0 Å². The Balaban J connectivity index is 1.55. The third-order valence-electron chi connectivity index (χ3n) is 7.44. The SMILES string of the molecule is COc1ccc(CCCN(Cc2nc(C(=O)NS(=O)(=O)C(C)(C)N)c(C)s2)C(=O)C2(c3ccc(OC)cc3)CC2)cc1. The van der Waals surface area contributed by atoms with Gasteiger partial charge in [0.2, 0.25) is 5.91 Å². The second kappa shape index (κ2) is 12.4. The van der Waals surface area contributed by atoms with Crippen LogP contribution in [-0.2, 0) is 33.2 Å². The number of sulfonamides is 1. The van der Waals surface area contributed by atoms with E-state index in [1.54, 1.807) is 26.0 Å². The molecule has 42 heavy (non-hydrogen) atoms. The summed E-state index contributed by atoms with van der Waals surface area (Å²) in [6, 6.07) is 15.5. The lowest BCUT2D eigenvalue weighted by atomic mass is 9.94. The van der Waals surface area contributed by atoms with Gasteiger partial charge in [-0.2, -0.15) is 0 Å². The minimum Gasteiger partial charge on any atom is -0.497 e. The first-order valence-corrected chi connectivity index (χ1v) is 16.0. The Labute approximate surface area is 251 Å². The number of aromatic nitrogens is 1. The quantitative estimate of drug-likeness (QED) is 0.295. The molecule has 4 rings (SSSR count). The fourth-order valence-electron chi connectivity index (χ4n) is 4.68. The molecule has 3 N–H and O–H groups in total. The molecule has 2 amide bonds. The highest BCUT2D eigenvalue weighted by Crippen LogP contribution is 2.50. The van der Waals surface area contributed by atoms with Crippen LogP contribution in [0.3, 0.4) is 0 Å². The van der Waals surface area contributed by atoms with Crippen molar-refractivity contribution in [3.05, 3.63) is 75.2 Å². The third kappa shape index (κ3) is 6.93. The average molecular weight is 615 g/mol. The number of methoxy groups -OCH3 is 2. The Morgan fingerprint density at radius 1 is 1.05 bits per heavy atom. The average Bonchev–Trinajstić information content (AvgIpc) is 3.68. The molecule has 3 aromatic rings. The standard InChI is InChI=1S/C30H38N4O6S2/c1-20-26(27(35)33-42(37,38)29(2,3)31)32-25(41-20)19-34(18-6-7-21-8-12-23(39-4)13-9-21)28(36)30(16-17-30)22-10-14-24(40-5)15-11-22/h8-15H,6-7,16-19,31H2,1-5H3,(H,33,35). The number of hydrogen-bond donors (Lipinski definition) is 2. The van der Waals surface area contributed by atoms with Crippen molar-refractivity contribution in [1.29, 1.82) is 0 Å². The number of nitrogens with one attached hydrogen (secondary N) is 1. The summed E-state index contributed by atoms with van der Waals surface area (Å²) >= 11 is 1.27. The van der Waals surface area contributed by atoms with Crippen LogP contribution in [-0.4, -0.2) is 55.8 Å². The number of amides is 2. The van der Waals surface area contributed by atoms with Gasteiger partial charge in [0, 0.05) is 11.4 Å². The van der Waals surface area contributed by atoms with Crippen LogP contribution in [0.4, 0.5) is 0 Å². The predicted octanol–water partition coefficient (Wildman–Crippen LogP) is 3.92. The van der Waals surface area contributed by atoms with Crippen LogP contribution in [0.25, 0.3) is 0 Å². The van der Waals surface area contributed by atoms with Gasteiger partial charge in [0.1, 0.15) is 27.1 Å². The molecule has 0 aliphatic heterocycles. The molecule has 0 bridgehead atoms. The van der Waals surface area contributed by atoms with Gasteiger partial charge in [0.25, 0.3) is 15.9 Å². The summed E-state index contributed by atoms with van der Waals surface area (Å²) in [5.74, 6) is 0.673. The van der Waals surface area contributed by atoms with Crippen LogP contribution < -0.4 is 19.9 Å². The van der Waals surface area contributed by atoms with Gasteiger partial charge in [-0.25, -0.2) is 18.1 Å². The number of benzene rings is 2. The van der Waals surface area contributed by atoms with E-state index in [4.69, 9.17) is 15.2 Å². The lowest BCUT2D eigenvalue weighted by molar-refractivity contribution is -0.134. The van der Waals surface area contributed by atoms with Gasteiger partial charge in [-0.15, -0.1) is 11.3 Å². The molecule has 1 heterocycles. The molecule has 0 radical (unpaired) electrons. The van der Waals surface area contributed by atoms with E-state index in [-0.39, 0.29) is 18.1 Å². The molecule has 1 fully saturated rings. The molecule has 226 valence electrons. The van der Waals surface area contributed by atoms with E-state index in [0.717, 1.165) is 48.3 Å². The molecule has 0 saturated heterocycles. The molecule has 0 spiro atoms. The first-order chi connectivity index (χ1) is 19.8. The van der Waals surface area contributed by atoms with Crippen LogP contribution in [0.5, 0.6) is 11.5 Å². The van der Waals surface area contributed by atoms with E-state index >= 15 is 0 Å². The number of rotatable bonds is 13. The van der Waals surface area contributed by atoms with Gasteiger partial charge in [-0.05, 0) is 81.8 Å². The first-order valence-electron chi connectivity index (χ1n) is 13.7. The number of ether oxygens (including phenoxy) is 2. The van der Waals surface area contributed by atoms with Crippen molar-refractivity contribution in [2.24, 2.45) is 5.73 Å². The summed E-state index contributed by atoms with van der Waals surface area (Å²) in [5, 5.41) is 0.547. The highest BCUT2D eigenvalue weighted by molar-refractivity contribution is 7.91. The summed E-state index contributed by atoms with van der Waals surface area (Å²) in [6.45, 7) is 4.99. The van der Waals surface area contributed by atoms with Crippen LogP contribution in [0, 0.1) is 6.92 Å². The van der Waals surface area contributed by atoms with Crippen molar-refractivity contribution >= 4 is 33.2 Å². The second-order valence-corrected chi connectivity index (χ2v) is 14.6. The Kier molecular flexibility index (Phi) is 9.29. The summed E-state index contributed by atoms with van der Waals surface area (Å²) in [6.07, 6.45) is 2.97. The minimum atomic E-state index is -4.12. The summed E-state index contributed by atoms with van der Waals surface area (Å²) in [7, 11) is -0.884. The van der Waals surface area contributed by atoms with Crippen molar-refractivity contribution in [3.63, 3.8) is 0 Å². The monoisotopic (exact) mass is 614 g/mol. The van der Waals surface area contributed by atoms with Gasteiger partial charge in [-0.3, -0.25) is 9.59 Å². The van der Waals surface area contributed by atoms with Crippen molar-refractivity contribution in [2.45, 2.75) is 63.3 Å². The lowest BCUT2D eigenvalue weighted by Crippen LogP contribution is -2.50. The summed E-state index contributed by atoms with van der Waals surface area (Å²) < 4.78 is 37.4. The highest BCUT2D eigenvalue weighted by Gasteiger charge is 2.53. The normalized spacial score (nSPS) is 14.2. The Morgan fingerprint density at radius 2 is 1.62 bits per heavy atom. The van der Waals surface area contributed by atoms with Crippen molar-refractivity contribution in [1.82, 2.24) is 14.6 Å². The predicted molar refractivity (Wildman–Crippen MR) is 162 cm³/mol. The zero-order chi connectivity index (χ0) is 30.7. The molecule has 0 unspecified atom stereocenters. The zero-order valence-corrected chi connectivity index (χ0v) is 26.2. The van der Waals surface area contributed by atoms with Crippen molar-refractivity contribution in [2.75, 3.05) is 20.8 Å². The topological polar surface area (TPSA) is 141 Å². The van der Waals surface area contributed by atoms with Gasteiger partial charge < -0.3 is 20.1 Å². The summed E-state index contributed by atoms with van der Waals surface area (Å²) in [5.41, 5.74) is 7.19. The fraction of sp³-hybridized carbons (Fsp3) is 0.433. The van der Waals surface area contributed by atoms with Crippen molar-refractivity contribution in [3.8, 4) is 11.5 Å². The Morgan fingerprint density at radius 3 is 2.14 bits per heavy atom. The fourth-order valence-corrected chi connectivity index (χ4v) is 6.23. The molecule has 10 nitrogen and oxygen atoms in total. The first kappa shape index (κ1) is 31.5. The Bertz CT molecular complexity index is 1520. The van der Waals surface area contributed by atoms with Crippen molar-refractivity contribution < 1.29 is 27.5 Å². The van der Waals surface area contributed by atoms with Crippen LogP contribution in [0.15, 0.2) is 48.5 Å². The van der Waals surface area contributed by atoms with E-state index in [0.29, 0.717) is 16.4 Å². The maximum Gasteiger partial charge on any atom is 0.284 e. The Hall–Kier alpha value is -3.48. The number of thiazole rings is 1.